The summed E-state index contributed by atoms with van der Waals surface area (Å²) in [6.07, 6.45) is 4.53. The lowest BCUT2D eigenvalue weighted by Gasteiger charge is -2.29. The Bertz CT molecular complexity index is 605. The van der Waals surface area contributed by atoms with Gasteiger partial charge in [0.2, 0.25) is 0 Å². The SMILES string of the molecule is Cc1ccc(S(=O)(=O)N/N=C2/CC[C@@H]3CC[C@H]23)cc1. The van der Waals surface area contributed by atoms with Gasteiger partial charge in [-0.05, 0) is 50.7 Å². The predicted octanol–water partition coefficient (Wildman–Crippen LogP) is 2.45. The summed E-state index contributed by atoms with van der Waals surface area (Å²) in [6, 6.07) is 6.80. The van der Waals surface area contributed by atoms with E-state index < -0.39 is 10.0 Å². The van der Waals surface area contributed by atoms with Crippen LogP contribution in [0.4, 0.5) is 0 Å². The van der Waals surface area contributed by atoms with Gasteiger partial charge in [-0.15, -0.1) is 0 Å². The Morgan fingerprint density at radius 1 is 1.16 bits per heavy atom. The Morgan fingerprint density at radius 3 is 2.47 bits per heavy atom. The number of sulfonamides is 1. The zero-order valence-electron chi connectivity index (χ0n) is 11.0. The van der Waals surface area contributed by atoms with E-state index in [0.29, 0.717) is 5.92 Å². The second-order valence-electron chi connectivity index (χ2n) is 5.49. The molecule has 0 bridgehead atoms. The second kappa shape index (κ2) is 4.63. The van der Waals surface area contributed by atoms with Crippen LogP contribution < -0.4 is 4.83 Å². The average Bonchev–Trinajstić information content (AvgIpc) is 2.62. The Balaban J connectivity index is 1.75. The number of nitrogens with one attached hydrogen (secondary N) is 1. The summed E-state index contributed by atoms with van der Waals surface area (Å²) in [5.41, 5.74) is 2.07. The molecule has 0 radical (unpaired) electrons. The molecule has 2 atom stereocenters. The van der Waals surface area contributed by atoms with Crippen LogP contribution in [0.15, 0.2) is 34.3 Å². The van der Waals surface area contributed by atoms with Gasteiger partial charge in [0.25, 0.3) is 10.0 Å². The van der Waals surface area contributed by atoms with Crippen LogP contribution in [0.5, 0.6) is 0 Å². The van der Waals surface area contributed by atoms with Gasteiger partial charge < -0.3 is 0 Å². The van der Waals surface area contributed by atoms with Gasteiger partial charge in [-0.2, -0.15) is 13.5 Å². The molecule has 2 aliphatic rings. The quantitative estimate of drug-likeness (QED) is 0.863. The number of rotatable bonds is 3. The minimum absolute atomic E-state index is 0.269. The summed E-state index contributed by atoms with van der Waals surface area (Å²) >= 11 is 0. The topological polar surface area (TPSA) is 58.5 Å². The molecule has 3 rings (SSSR count). The van der Waals surface area contributed by atoms with Gasteiger partial charge in [-0.25, -0.2) is 4.83 Å². The third-order valence-electron chi connectivity index (χ3n) is 4.26. The van der Waals surface area contributed by atoms with Crippen molar-refractivity contribution >= 4 is 15.7 Å². The molecule has 2 saturated carbocycles. The molecular weight excluding hydrogens is 260 g/mol. The Hall–Kier alpha value is -1.36. The smallest absolute Gasteiger partial charge is 0.200 e. The lowest BCUT2D eigenvalue weighted by Crippen LogP contribution is -2.27. The molecule has 0 aromatic heterocycles. The molecule has 0 aliphatic heterocycles. The first-order chi connectivity index (χ1) is 9.06. The van der Waals surface area contributed by atoms with E-state index in [9.17, 15) is 8.42 Å². The van der Waals surface area contributed by atoms with Gasteiger partial charge in [0.15, 0.2) is 0 Å². The fourth-order valence-electron chi connectivity index (χ4n) is 2.90. The van der Waals surface area contributed by atoms with E-state index in [1.807, 2.05) is 6.92 Å². The molecule has 5 heteroatoms. The van der Waals surface area contributed by atoms with Crippen molar-refractivity contribution in [3.8, 4) is 0 Å². The van der Waals surface area contributed by atoms with Crippen LogP contribution in [0.1, 0.15) is 31.2 Å². The first-order valence-electron chi connectivity index (χ1n) is 6.71. The molecule has 102 valence electrons. The number of hydrogen-bond donors (Lipinski definition) is 1. The predicted molar refractivity (Wildman–Crippen MR) is 74.4 cm³/mol. The van der Waals surface area contributed by atoms with E-state index in [4.69, 9.17) is 0 Å². The van der Waals surface area contributed by atoms with E-state index in [-0.39, 0.29) is 4.90 Å². The number of nitrogens with zero attached hydrogens (tertiary/aromatic N) is 1. The first-order valence-corrected chi connectivity index (χ1v) is 8.19. The van der Waals surface area contributed by atoms with Crippen molar-refractivity contribution < 1.29 is 8.42 Å². The molecule has 0 saturated heterocycles. The Morgan fingerprint density at radius 2 is 1.89 bits per heavy atom. The largest absolute Gasteiger partial charge is 0.276 e. The van der Waals surface area contributed by atoms with Gasteiger partial charge >= 0.3 is 0 Å². The number of benzene rings is 1. The summed E-state index contributed by atoms with van der Waals surface area (Å²) in [5.74, 6) is 1.28. The third-order valence-corrected chi connectivity index (χ3v) is 5.48. The van der Waals surface area contributed by atoms with Crippen molar-refractivity contribution in [2.45, 2.75) is 37.5 Å². The lowest BCUT2D eigenvalue weighted by atomic mass is 9.76. The van der Waals surface area contributed by atoms with Gasteiger partial charge in [-0.3, -0.25) is 0 Å². The van der Waals surface area contributed by atoms with Crippen molar-refractivity contribution in [3.63, 3.8) is 0 Å². The monoisotopic (exact) mass is 278 g/mol. The van der Waals surface area contributed by atoms with Crippen LogP contribution in [-0.4, -0.2) is 14.1 Å². The Kier molecular flexibility index (Phi) is 3.09. The summed E-state index contributed by atoms with van der Waals surface area (Å²) in [6.45, 7) is 1.93. The average molecular weight is 278 g/mol. The zero-order valence-corrected chi connectivity index (χ0v) is 11.8. The molecule has 4 nitrogen and oxygen atoms in total. The fourth-order valence-corrected chi connectivity index (χ4v) is 3.74. The van der Waals surface area contributed by atoms with Gasteiger partial charge in [0, 0.05) is 11.6 Å². The van der Waals surface area contributed by atoms with Crippen molar-refractivity contribution in [2.75, 3.05) is 0 Å². The minimum atomic E-state index is -3.52. The molecule has 1 N–H and O–H groups in total. The molecule has 1 aromatic rings. The molecule has 0 unspecified atom stereocenters. The number of hydrazone groups is 1. The molecule has 19 heavy (non-hydrogen) atoms. The summed E-state index contributed by atoms with van der Waals surface area (Å²) < 4.78 is 24.2. The van der Waals surface area contributed by atoms with Crippen LogP contribution in [0.25, 0.3) is 0 Å². The maximum atomic E-state index is 12.1. The van der Waals surface area contributed by atoms with Crippen LogP contribution in [0, 0.1) is 18.8 Å². The number of fused-ring (bicyclic) bond motifs is 1. The standard InChI is InChI=1S/C14H18N2O2S/c1-10-2-6-12(7-3-10)19(17,18)16-15-14-9-5-11-4-8-13(11)14/h2-3,6-7,11,13,16H,4-5,8-9H2,1H3/b15-14-/t11-,13-/m0/s1. The maximum Gasteiger partial charge on any atom is 0.276 e. The van der Waals surface area contributed by atoms with Crippen molar-refractivity contribution in [3.05, 3.63) is 29.8 Å². The van der Waals surface area contributed by atoms with Crippen molar-refractivity contribution in [1.29, 1.82) is 0 Å². The third kappa shape index (κ3) is 2.39. The minimum Gasteiger partial charge on any atom is -0.200 e. The van der Waals surface area contributed by atoms with E-state index in [0.717, 1.165) is 36.5 Å². The maximum absolute atomic E-state index is 12.1. The summed E-state index contributed by atoms with van der Waals surface area (Å²) in [4.78, 5) is 2.65. The molecule has 0 spiro atoms. The number of aryl methyl sites for hydroxylation is 1. The van der Waals surface area contributed by atoms with Crippen LogP contribution in [0.2, 0.25) is 0 Å². The van der Waals surface area contributed by atoms with E-state index >= 15 is 0 Å². The summed E-state index contributed by atoms with van der Waals surface area (Å²) in [7, 11) is -3.52. The molecule has 0 amide bonds. The molecule has 1 aromatic carbocycles. The highest BCUT2D eigenvalue weighted by atomic mass is 32.2. The zero-order chi connectivity index (χ0) is 13.5. The highest BCUT2D eigenvalue weighted by molar-refractivity contribution is 7.89. The Labute approximate surface area is 114 Å². The van der Waals surface area contributed by atoms with E-state index in [1.165, 1.54) is 6.42 Å². The summed E-state index contributed by atoms with van der Waals surface area (Å²) in [5, 5.41) is 4.16. The van der Waals surface area contributed by atoms with Gasteiger partial charge in [0.1, 0.15) is 0 Å². The van der Waals surface area contributed by atoms with Crippen molar-refractivity contribution in [2.24, 2.45) is 16.9 Å². The van der Waals surface area contributed by atoms with Crippen LogP contribution in [-0.2, 0) is 10.0 Å². The highest BCUT2D eigenvalue weighted by Crippen LogP contribution is 2.44. The van der Waals surface area contributed by atoms with Gasteiger partial charge in [-0.1, -0.05) is 17.7 Å². The highest BCUT2D eigenvalue weighted by Gasteiger charge is 2.39. The lowest BCUT2D eigenvalue weighted by molar-refractivity contribution is 0.265. The molecular formula is C14H18N2O2S. The fraction of sp³-hybridized carbons (Fsp3) is 0.500. The molecule has 2 fully saturated rings. The normalized spacial score (nSPS) is 27.9. The van der Waals surface area contributed by atoms with Crippen molar-refractivity contribution in [1.82, 2.24) is 4.83 Å². The molecule has 2 aliphatic carbocycles. The van der Waals surface area contributed by atoms with E-state index in [1.54, 1.807) is 24.3 Å². The van der Waals surface area contributed by atoms with E-state index in [2.05, 4.69) is 9.93 Å². The second-order valence-corrected chi connectivity index (χ2v) is 7.15. The first kappa shape index (κ1) is 12.7. The van der Waals surface area contributed by atoms with Crippen LogP contribution in [0.3, 0.4) is 0 Å². The molecule has 0 heterocycles. The van der Waals surface area contributed by atoms with Crippen LogP contribution >= 0.6 is 0 Å². The number of hydrogen-bond acceptors (Lipinski definition) is 3. The van der Waals surface area contributed by atoms with Gasteiger partial charge in [0.05, 0.1) is 4.90 Å².